The summed E-state index contributed by atoms with van der Waals surface area (Å²) in [6, 6.07) is 4.76. The summed E-state index contributed by atoms with van der Waals surface area (Å²) in [5.41, 5.74) is 0. The second kappa shape index (κ2) is 5.36. The third kappa shape index (κ3) is 4.52. The molecule has 86 valence electrons. The summed E-state index contributed by atoms with van der Waals surface area (Å²) >= 11 is 0. The molecule has 1 rings (SSSR count). The summed E-state index contributed by atoms with van der Waals surface area (Å²) in [6.07, 6.45) is 6.65. The van der Waals surface area contributed by atoms with Gasteiger partial charge in [-0.25, -0.2) is 0 Å². The molecule has 0 N–H and O–H groups in total. The van der Waals surface area contributed by atoms with Crippen molar-refractivity contribution >= 4 is 0 Å². The Morgan fingerprint density at radius 1 is 1.27 bits per heavy atom. The fraction of sp³-hybridized carbons (Fsp3) is 0.692. The van der Waals surface area contributed by atoms with Gasteiger partial charge in [0.15, 0.2) is 0 Å². The Morgan fingerprint density at radius 3 is 2.53 bits per heavy atom. The highest BCUT2D eigenvalue weighted by molar-refractivity contribution is 4.97. The van der Waals surface area contributed by atoms with Crippen LogP contribution in [0.2, 0.25) is 0 Å². The summed E-state index contributed by atoms with van der Waals surface area (Å²) in [5, 5.41) is 0. The minimum atomic E-state index is 0.738. The quantitative estimate of drug-likeness (QED) is 0.519. The Balaban J connectivity index is 2.12. The molecular formula is C13H24NO+. The van der Waals surface area contributed by atoms with E-state index in [2.05, 4.69) is 34.1 Å². The molecule has 0 saturated heterocycles. The van der Waals surface area contributed by atoms with E-state index in [0.29, 0.717) is 0 Å². The van der Waals surface area contributed by atoms with Crippen LogP contribution in [0.15, 0.2) is 22.8 Å². The molecule has 0 aliphatic heterocycles. The van der Waals surface area contributed by atoms with Crippen molar-refractivity contribution in [3.8, 4) is 0 Å². The van der Waals surface area contributed by atoms with Gasteiger partial charge in [0, 0.05) is 6.42 Å². The fourth-order valence-electron chi connectivity index (χ4n) is 1.58. The lowest BCUT2D eigenvalue weighted by Crippen LogP contribution is -2.43. The smallest absolute Gasteiger partial charge is 0.103 e. The molecule has 0 amide bonds. The van der Waals surface area contributed by atoms with Crippen molar-refractivity contribution in [2.75, 3.05) is 21.1 Å². The van der Waals surface area contributed by atoms with Gasteiger partial charge in [-0.05, 0) is 38.3 Å². The minimum absolute atomic E-state index is 0.738. The average molecular weight is 210 g/mol. The van der Waals surface area contributed by atoms with E-state index in [9.17, 15) is 0 Å². The molecule has 1 aromatic rings. The first-order chi connectivity index (χ1) is 7.00. The maximum atomic E-state index is 5.30. The maximum absolute atomic E-state index is 5.30. The summed E-state index contributed by atoms with van der Waals surface area (Å²) < 4.78 is 6.36. The second-order valence-electron chi connectivity index (χ2n) is 5.29. The zero-order valence-corrected chi connectivity index (χ0v) is 10.5. The Labute approximate surface area is 93.5 Å². The summed E-state index contributed by atoms with van der Waals surface area (Å²) in [5.74, 6) is 1.12. The number of furan rings is 1. The SMILES string of the molecule is CC(CCCCc1ccco1)[N+](C)(C)C. The normalized spacial score (nSPS) is 14.1. The van der Waals surface area contributed by atoms with Crippen molar-refractivity contribution in [2.24, 2.45) is 0 Å². The van der Waals surface area contributed by atoms with Crippen LogP contribution in [-0.2, 0) is 6.42 Å². The van der Waals surface area contributed by atoms with Crippen LogP contribution in [0.4, 0.5) is 0 Å². The van der Waals surface area contributed by atoms with Crippen molar-refractivity contribution < 1.29 is 8.90 Å². The van der Waals surface area contributed by atoms with Crippen molar-refractivity contribution in [3.63, 3.8) is 0 Å². The molecule has 0 aromatic carbocycles. The lowest BCUT2D eigenvalue weighted by Gasteiger charge is -2.31. The highest BCUT2D eigenvalue weighted by Gasteiger charge is 2.17. The van der Waals surface area contributed by atoms with Crippen molar-refractivity contribution in [3.05, 3.63) is 24.2 Å². The third-order valence-electron chi connectivity index (χ3n) is 3.20. The van der Waals surface area contributed by atoms with E-state index in [1.54, 1.807) is 6.26 Å². The van der Waals surface area contributed by atoms with Crippen LogP contribution in [0.1, 0.15) is 31.9 Å². The Hall–Kier alpha value is -0.760. The van der Waals surface area contributed by atoms with Gasteiger partial charge in [0.05, 0.1) is 33.4 Å². The monoisotopic (exact) mass is 210 g/mol. The molecule has 0 bridgehead atoms. The molecule has 1 atom stereocenters. The van der Waals surface area contributed by atoms with Crippen LogP contribution in [0.25, 0.3) is 0 Å². The zero-order chi connectivity index (χ0) is 11.3. The largest absolute Gasteiger partial charge is 0.469 e. The van der Waals surface area contributed by atoms with Gasteiger partial charge in [0.1, 0.15) is 5.76 Å². The van der Waals surface area contributed by atoms with Gasteiger partial charge in [-0.1, -0.05) is 0 Å². The van der Waals surface area contributed by atoms with Gasteiger partial charge in [-0.3, -0.25) is 0 Å². The molecule has 0 saturated carbocycles. The average Bonchev–Trinajstić information content (AvgIpc) is 2.63. The predicted molar refractivity (Wildman–Crippen MR) is 63.8 cm³/mol. The maximum Gasteiger partial charge on any atom is 0.103 e. The molecule has 2 heteroatoms. The molecule has 0 radical (unpaired) electrons. The summed E-state index contributed by atoms with van der Waals surface area (Å²) in [4.78, 5) is 0. The Kier molecular flexibility index (Phi) is 4.40. The zero-order valence-electron chi connectivity index (χ0n) is 10.5. The second-order valence-corrected chi connectivity index (χ2v) is 5.29. The van der Waals surface area contributed by atoms with E-state index in [-0.39, 0.29) is 0 Å². The molecule has 1 heterocycles. The van der Waals surface area contributed by atoms with Crippen molar-refractivity contribution in [1.82, 2.24) is 0 Å². The lowest BCUT2D eigenvalue weighted by molar-refractivity contribution is -0.894. The van der Waals surface area contributed by atoms with E-state index >= 15 is 0 Å². The topological polar surface area (TPSA) is 13.1 Å². The van der Waals surface area contributed by atoms with Crippen LogP contribution in [0.5, 0.6) is 0 Å². The molecule has 1 unspecified atom stereocenters. The van der Waals surface area contributed by atoms with E-state index in [0.717, 1.165) is 22.7 Å². The van der Waals surface area contributed by atoms with Crippen molar-refractivity contribution in [1.29, 1.82) is 0 Å². The number of aryl methyl sites for hydroxylation is 1. The number of unbranched alkanes of at least 4 members (excludes halogenated alkanes) is 1. The minimum Gasteiger partial charge on any atom is -0.469 e. The van der Waals surface area contributed by atoms with Crippen LogP contribution in [0.3, 0.4) is 0 Å². The highest BCUT2D eigenvalue weighted by atomic mass is 16.3. The van der Waals surface area contributed by atoms with Gasteiger partial charge in [0.2, 0.25) is 0 Å². The van der Waals surface area contributed by atoms with E-state index in [1.807, 2.05) is 6.07 Å². The van der Waals surface area contributed by atoms with Gasteiger partial charge in [0.25, 0.3) is 0 Å². The summed E-state index contributed by atoms with van der Waals surface area (Å²) in [6.45, 7) is 2.33. The molecule has 2 nitrogen and oxygen atoms in total. The summed E-state index contributed by atoms with van der Waals surface area (Å²) in [7, 11) is 6.78. The van der Waals surface area contributed by atoms with Gasteiger partial charge in [-0.2, -0.15) is 0 Å². The predicted octanol–water partition coefficient (Wildman–Crippen LogP) is 3.09. The molecule has 0 fully saturated rings. The molecule has 0 aliphatic rings. The van der Waals surface area contributed by atoms with Gasteiger partial charge in [-0.15, -0.1) is 0 Å². The number of quaternary nitrogens is 1. The van der Waals surface area contributed by atoms with Crippen LogP contribution in [0, 0.1) is 0 Å². The Bertz CT molecular complexity index is 259. The van der Waals surface area contributed by atoms with Crippen LogP contribution in [-0.4, -0.2) is 31.7 Å². The number of hydrogen-bond acceptors (Lipinski definition) is 1. The molecule has 1 aromatic heterocycles. The Morgan fingerprint density at radius 2 is 2.00 bits per heavy atom. The number of rotatable bonds is 6. The standard InChI is InChI=1S/C13H24NO/c1-12(14(2,3)4)8-5-6-9-13-10-7-11-15-13/h7,10-12H,5-6,8-9H2,1-4H3/q+1. The number of nitrogens with zero attached hydrogens (tertiary/aromatic N) is 1. The first-order valence-corrected chi connectivity index (χ1v) is 5.83. The van der Waals surface area contributed by atoms with Crippen LogP contribution >= 0.6 is 0 Å². The first kappa shape index (κ1) is 12.3. The number of hydrogen-bond donors (Lipinski definition) is 0. The molecule has 15 heavy (non-hydrogen) atoms. The van der Waals surface area contributed by atoms with Crippen molar-refractivity contribution in [2.45, 2.75) is 38.6 Å². The van der Waals surface area contributed by atoms with E-state index < -0.39 is 0 Å². The van der Waals surface area contributed by atoms with E-state index in [1.165, 1.54) is 19.3 Å². The van der Waals surface area contributed by atoms with E-state index in [4.69, 9.17) is 4.42 Å². The third-order valence-corrected chi connectivity index (χ3v) is 3.20. The van der Waals surface area contributed by atoms with Gasteiger partial charge >= 0.3 is 0 Å². The lowest BCUT2D eigenvalue weighted by atomic mass is 10.1. The fourth-order valence-corrected chi connectivity index (χ4v) is 1.58. The first-order valence-electron chi connectivity index (χ1n) is 5.83. The molecular weight excluding hydrogens is 186 g/mol. The van der Waals surface area contributed by atoms with Gasteiger partial charge < -0.3 is 8.90 Å². The highest BCUT2D eigenvalue weighted by Crippen LogP contribution is 2.13. The molecule has 0 aliphatic carbocycles. The van der Waals surface area contributed by atoms with Crippen LogP contribution < -0.4 is 0 Å². The molecule has 0 spiro atoms.